The maximum Gasteiger partial charge on any atom is 0.292 e. The molecule has 0 N–H and O–H groups in total. The second-order valence-corrected chi connectivity index (χ2v) is 31.3. The van der Waals surface area contributed by atoms with E-state index in [0.29, 0.717) is 77.6 Å². The van der Waals surface area contributed by atoms with Crippen molar-refractivity contribution in [3.63, 3.8) is 0 Å². The van der Waals surface area contributed by atoms with Crippen LogP contribution in [0.5, 0.6) is 28.7 Å². The Morgan fingerprint density at radius 2 is 0.619 bits per heavy atom. The van der Waals surface area contributed by atoms with Crippen molar-refractivity contribution < 1.29 is 41.1 Å². The largest absolute Gasteiger partial charge is 0.439 e. The molecule has 4 unspecified atom stereocenters. The highest BCUT2D eigenvalue weighted by molar-refractivity contribution is 7.68. The molecular formula is C69H50N2O9P4. The maximum atomic E-state index is 16.0. The van der Waals surface area contributed by atoms with Gasteiger partial charge in [0.2, 0.25) is 0 Å². The predicted octanol–water partition coefficient (Wildman–Crippen LogP) is 16.4. The number of hydrogen-bond acceptors (Lipinski definition) is 11. The fourth-order valence-corrected chi connectivity index (χ4v) is 22.0. The first kappa shape index (κ1) is 53.1. The lowest BCUT2D eigenvalue weighted by molar-refractivity contribution is 0.476. The van der Waals surface area contributed by atoms with Crippen molar-refractivity contribution in [2.45, 2.75) is 43.9 Å². The molecule has 4 aliphatic heterocycles. The molecule has 0 saturated heterocycles. The predicted molar refractivity (Wildman–Crippen MR) is 330 cm³/mol. The van der Waals surface area contributed by atoms with Gasteiger partial charge < -0.3 is 22.8 Å². The topological polar surface area (TPSA) is 162 Å². The highest BCUT2D eigenvalue weighted by Crippen LogP contribution is 2.63. The number of ether oxygens (including phenoxy) is 1. The Morgan fingerprint density at radius 1 is 0.369 bits per heavy atom. The summed E-state index contributed by atoms with van der Waals surface area (Å²) >= 11 is 0. The lowest BCUT2D eigenvalue weighted by atomic mass is 9.75. The van der Waals surface area contributed by atoms with Crippen LogP contribution < -0.4 is 44.1 Å². The maximum absolute atomic E-state index is 16.0. The molecule has 15 heteroatoms. The molecule has 0 aliphatic carbocycles. The Morgan fingerprint density at radius 3 is 0.905 bits per heavy atom. The lowest BCUT2D eigenvalue weighted by Gasteiger charge is -2.33. The summed E-state index contributed by atoms with van der Waals surface area (Å²) in [6, 6.07) is 69.3. The van der Waals surface area contributed by atoms with Gasteiger partial charge in [-0.2, -0.15) is 5.26 Å². The summed E-state index contributed by atoms with van der Waals surface area (Å²) in [5, 5.41) is 24.0. The van der Waals surface area contributed by atoms with E-state index in [4.69, 9.17) is 22.8 Å². The Labute approximate surface area is 486 Å². The molecule has 0 amide bonds. The normalized spacial score (nSPS) is 20.0. The summed E-state index contributed by atoms with van der Waals surface area (Å²) in [7, 11) is -15.6. The fraction of sp³-hybridized carbons (Fsp3) is 0.101. The Hall–Kier alpha value is -8.90. The third kappa shape index (κ3) is 8.77. The second kappa shape index (κ2) is 20.2. The number of nitriles is 2. The van der Waals surface area contributed by atoms with Crippen LogP contribution in [-0.4, -0.2) is 0 Å². The molecule has 0 spiro atoms. The molecule has 410 valence electrons. The molecule has 84 heavy (non-hydrogen) atoms. The zero-order valence-electron chi connectivity index (χ0n) is 45.5. The van der Waals surface area contributed by atoms with E-state index in [1.165, 1.54) is 0 Å². The number of para-hydroxylation sites is 4. The van der Waals surface area contributed by atoms with E-state index in [1.807, 2.05) is 190 Å². The minimum atomic E-state index is -3.93. The van der Waals surface area contributed by atoms with Gasteiger partial charge in [0.25, 0.3) is 35.7 Å². The van der Waals surface area contributed by atoms with Crippen LogP contribution in [0.4, 0.5) is 0 Å². The molecule has 10 aromatic carbocycles. The first-order chi connectivity index (χ1) is 40.7. The third-order valence-electron chi connectivity index (χ3n) is 16.5. The number of nitrogens with zero attached hydrogens (tertiary/aromatic N) is 2. The molecule has 4 atom stereocenters. The quantitative estimate of drug-likeness (QED) is 0.0895. The highest BCUT2D eigenvalue weighted by atomic mass is 31.2. The van der Waals surface area contributed by atoms with Gasteiger partial charge in [0.15, 0.2) is 0 Å². The lowest BCUT2D eigenvalue weighted by Crippen LogP contribution is -2.24. The van der Waals surface area contributed by atoms with Crippen molar-refractivity contribution in [3.05, 3.63) is 257 Å². The fourth-order valence-electron chi connectivity index (χ4n) is 12.5. The summed E-state index contributed by atoms with van der Waals surface area (Å²) in [6.45, 7) is 3.97. The highest BCUT2D eigenvalue weighted by Gasteiger charge is 2.44. The van der Waals surface area contributed by atoms with Crippen molar-refractivity contribution in [3.8, 4) is 85.6 Å². The van der Waals surface area contributed by atoms with Gasteiger partial charge in [-0.15, -0.1) is 5.26 Å². The molecule has 0 saturated carbocycles. The van der Waals surface area contributed by atoms with Crippen molar-refractivity contribution in [2.75, 3.05) is 0 Å². The van der Waals surface area contributed by atoms with E-state index in [-0.39, 0.29) is 36.0 Å². The number of benzene rings is 10. The van der Waals surface area contributed by atoms with Crippen LogP contribution in [0.3, 0.4) is 0 Å². The monoisotopic (exact) mass is 1170 g/mol. The molecule has 0 aromatic heterocycles. The molecular weight excluding hydrogens is 1120 g/mol. The van der Waals surface area contributed by atoms with Crippen LogP contribution in [-0.2, 0) is 48.3 Å². The van der Waals surface area contributed by atoms with Gasteiger partial charge in [-0.1, -0.05) is 184 Å². The van der Waals surface area contributed by atoms with Gasteiger partial charge in [-0.25, -0.2) is 0 Å². The molecule has 4 heterocycles. The first-order valence-corrected chi connectivity index (χ1v) is 34.6. The molecule has 10 aromatic rings. The van der Waals surface area contributed by atoms with Crippen molar-refractivity contribution >= 4 is 50.7 Å². The molecule has 11 nitrogen and oxygen atoms in total. The van der Waals surface area contributed by atoms with Gasteiger partial charge in [0.05, 0.1) is 57.5 Å². The smallest absolute Gasteiger partial charge is 0.292 e. The van der Waals surface area contributed by atoms with Gasteiger partial charge in [-0.3, -0.25) is 18.3 Å². The minimum absolute atomic E-state index is 0.0570. The van der Waals surface area contributed by atoms with Gasteiger partial charge in [0.1, 0.15) is 28.7 Å². The molecule has 0 fully saturated rings. The summed E-state index contributed by atoms with van der Waals surface area (Å²) in [5.41, 5.74) is 7.89. The summed E-state index contributed by atoms with van der Waals surface area (Å²) in [6.07, 6.45) is 0.979. The van der Waals surface area contributed by atoms with Crippen molar-refractivity contribution in [2.24, 2.45) is 0 Å². The number of fused-ring (bicyclic) bond motifs is 12. The van der Waals surface area contributed by atoms with E-state index in [2.05, 4.69) is 6.07 Å². The molecule has 4 aliphatic rings. The summed E-state index contributed by atoms with van der Waals surface area (Å²) in [5.74, 6) is 1.83. The third-order valence-corrected chi connectivity index (χ3v) is 26.0. The van der Waals surface area contributed by atoms with Crippen LogP contribution >= 0.6 is 29.5 Å². The van der Waals surface area contributed by atoms with E-state index in [1.54, 1.807) is 48.5 Å². The van der Waals surface area contributed by atoms with Gasteiger partial charge >= 0.3 is 0 Å². The Bertz CT molecular complexity index is 4460. The van der Waals surface area contributed by atoms with Crippen molar-refractivity contribution in [1.29, 1.82) is 10.5 Å². The van der Waals surface area contributed by atoms with E-state index in [9.17, 15) is 10.5 Å². The SMILES string of the molecule is CC(C)(c1cc(CP2(=O)Oc3ccccc3-c3ccccc32)c(C#N)c(CP2(=O)Oc3ccccc3-c3ccccc32)c1)c1cc(CP2(=O)Oc3ccccc3-c3ccccc32)c(OC#N)c(CP2(=O)Oc3ccccc3-c3ccccc32)c1. The van der Waals surface area contributed by atoms with Crippen LogP contribution in [0.25, 0.3) is 44.5 Å². The number of hydrogen-bond donors (Lipinski definition) is 0. The van der Waals surface area contributed by atoms with E-state index >= 15 is 18.3 Å². The Kier molecular flexibility index (Phi) is 12.8. The van der Waals surface area contributed by atoms with Crippen LogP contribution in [0.1, 0.15) is 52.8 Å². The van der Waals surface area contributed by atoms with E-state index < -0.39 is 34.9 Å². The van der Waals surface area contributed by atoms with Crippen LogP contribution in [0.2, 0.25) is 0 Å². The van der Waals surface area contributed by atoms with E-state index in [0.717, 1.165) is 44.5 Å². The zero-order chi connectivity index (χ0) is 57.6. The zero-order valence-corrected chi connectivity index (χ0v) is 49.0. The standard InChI is InChI=1S/C69H50N2O9P4/c1-69(2,49-35-45(40-81(72)64-31-15-7-23-55(64)51-19-3-11-27-60(51)77-81)59(39-70)46(36-49)41-82(73)65-32-16-8-24-56(65)52-20-4-12-28-61(52)78-82)50-37-47(42-83(74)66-33-17-9-25-57(66)53-21-5-13-29-62(53)79-83)68(76-44-71)48(38-50)43-84(75)67-34-18-10-26-58(67)54-22-6-14-30-63(54)80-84/h3-38H,40-43H2,1-2H3. The average Bonchev–Trinajstić information content (AvgIpc) is 2.51. The van der Waals surface area contributed by atoms with Gasteiger partial charge in [-0.05, 0) is 93.0 Å². The summed E-state index contributed by atoms with van der Waals surface area (Å²) in [4.78, 5) is 0. The second-order valence-electron chi connectivity index (χ2n) is 22.0. The summed E-state index contributed by atoms with van der Waals surface area (Å²) < 4.78 is 96.5. The van der Waals surface area contributed by atoms with Gasteiger partial charge in [0, 0.05) is 38.8 Å². The Balaban J connectivity index is 0.974. The minimum Gasteiger partial charge on any atom is -0.439 e. The van der Waals surface area contributed by atoms with Crippen LogP contribution in [0, 0.1) is 22.8 Å². The van der Waals surface area contributed by atoms with Crippen LogP contribution in [0.15, 0.2) is 218 Å². The first-order valence-electron chi connectivity index (χ1n) is 27.4. The molecule has 0 bridgehead atoms. The van der Waals surface area contributed by atoms with Crippen molar-refractivity contribution in [1.82, 2.24) is 0 Å². The number of rotatable bonds is 11. The molecule has 14 rings (SSSR count). The molecule has 0 radical (unpaired) electrons. The average molecular weight is 1180 g/mol.